The van der Waals surface area contributed by atoms with Gasteiger partial charge in [-0.25, -0.2) is 0 Å². The zero-order valence-electron chi connectivity index (χ0n) is 15.1. The van der Waals surface area contributed by atoms with Crippen LogP contribution in [0.4, 0.5) is 18.9 Å². The van der Waals surface area contributed by atoms with Crippen LogP contribution in [0.25, 0.3) is 0 Å². The Hall–Kier alpha value is -1.67. The Balaban J connectivity index is 1.50. The van der Waals surface area contributed by atoms with Crippen LogP contribution in [0.5, 0.6) is 0 Å². The van der Waals surface area contributed by atoms with Crippen LogP contribution in [0.1, 0.15) is 18.9 Å². The van der Waals surface area contributed by atoms with Crippen molar-refractivity contribution in [2.75, 3.05) is 37.7 Å². The molecule has 0 spiro atoms. The quantitative estimate of drug-likeness (QED) is 0.533. The lowest BCUT2D eigenvalue weighted by Crippen LogP contribution is -2.50. The molecule has 0 N–H and O–H groups in total. The number of amides is 1. The third-order valence-electron chi connectivity index (χ3n) is 5.21. The van der Waals surface area contributed by atoms with Crippen molar-refractivity contribution in [1.29, 1.82) is 0 Å². The molecule has 154 valence electrons. The van der Waals surface area contributed by atoms with Crippen molar-refractivity contribution in [2.45, 2.75) is 23.9 Å². The standard InChI is InChI=1S/C18H19Cl2F3N2O3/c1-16(11-17(16,19)20)15(27)28-10-14(26)25-7-5-24(6-8-25)13-4-2-3-12(9-13)18(21,22)23/h2-4,9H,5-8,10-11H2,1H3. The molecule has 28 heavy (non-hydrogen) atoms. The summed E-state index contributed by atoms with van der Waals surface area (Å²) in [7, 11) is 0. The molecule has 1 aromatic carbocycles. The largest absolute Gasteiger partial charge is 0.455 e. The van der Waals surface area contributed by atoms with Gasteiger partial charge in [-0.05, 0) is 25.1 Å². The van der Waals surface area contributed by atoms with E-state index in [9.17, 15) is 22.8 Å². The summed E-state index contributed by atoms with van der Waals surface area (Å²) in [6.45, 7) is 2.56. The number of alkyl halides is 5. The third kappa shape index (κ3) is 4.17. The summed E-state index contributed by atoms with van der Waals surface area (Å²) in [5, 5.41) is 0. The van der Waals surface area contributed by atoms with Crippen molar-refractivity contribution < 1.29 is 27.5 Å². The number of carbonyl (C=O) groups excluding carboxylic acids is 2. The van der Waals surface area contributed by atoms with Gasteiger partial charge in [-0.15, -0.1) is 23.2 Å². The highest BCUT2D eigenvalue weighted by atomic mass is 35.5. The molecule has 0 aromatic heterocycles. The highest BCUT2D eigenvalue weighted by molar-refractivity contribution is 6.53. The van der Waals surface area contributed by atoms with Gasteiger partial charge in [-0.3, -0.25) is 9.59 Å². The molecule has 3 rings (SSSR count). The Morgan fingerprint density at radius 3 is 2.32 bits per heavy atom. The number of ether oxygens (including phenoxy) is 1. The number of anilines is 1. The van der Waals surface area contributed by atoms with E-state index in [0.717, 1.165) is 12.1 Å². The molecule has 0 bridgehead atoms. The maximum absolute atomic E-state index is 12.9. The molecular weight excluding hydrogens is 420 g/mol. The Labute approximate surface area is 170 Å². The molecule has 1 aromatic rings. The molecule has 2 fully saturated rings. The van der Waals surface area contributed by atoms with E-state index in [-0.39, 0.29) is 12.3 Å². The molecule has 1 amide bonds. The normalized spacial score (nSPS) is 24.1. The molecule has 1 unspecified atom stereocenters. The molecule has 1 saturated heterocycles. The fourth-order valence-corrected chi connectivity index (χ4v) is 3.78. The minimum absolute atomic E-state index is 0.270. The van der Waals surface area contributed by atoms with Gasteiger partial charge in [0.05, 0.1) is 5.56 Å². The van der Waals surface area contributed by atoms with Gasteiger partial charge in [0.25, 0.3) is 5.91 Å². The van der Waals surface area contributed by atoms with Crippen molar-refractivity contribution in [3.8, 4) is 0 Å². The van der Waals surface area contributed by atoms with E-state index in [4.69, 9.17) is 27.9 Å². The lowest BCUT2D eigenvalue weighted by atomic mass is 10.1. The summed E-state index contributed by atoms with van der Waals surface area (Å²) in [5.41, 5.74) is -1.26. The molecule has 1 atom stereocenters. The number of esters is 1. The molecule has 1 heterocycles. The van der Waals surface area contributed by atoms with E-state index in [0.29, 0.717) is 31.9 Å². The van der Waals surface area contributed by atoms with E-state index in [1.54, 1.807) is 17.9 Å². The Kier molecular flexibility index (Phi) is 5.49. The van der Waals surface area contributed by atoms with Crippen molar-refractivity contribution in [3.05, 3.63) is 29.8 Å². The second-order valence-electron chi connectivity index (χ2n) is 7.21. The molecule has 1 aliphatic heterocycles. The highest BCUT2D eigenvalue weighted by Crippen LogP contribution is 2.64. The lowest BCUT2D eigenvalue weighted by molar-refractivity contribution is -0.156. The zero-order valence-corrected chi connectivity index (χ0v) is 16.6. The van der Waals surface area contributed by atoms with Crippen LogP contribution in [-0.4, -0.2) is 53.9 Å². The minimum atomic E-state index is -4.40. The Bertz CT molecular complexity index is 780. The second-order valence-corrected chi connectivity index (χ2v) is 8.69. The second kappa shape index (κ2) is 7.30. The van der Waals surface area contributed by atoms with Crippen LogP contribution in [0.15, 0.2) is 24.3 Å². The number of piperazine rings is 1. The molecule has 5 nitrogen and oxygen atoms in total. The molecule has 1 aliphatic carbocycles. The molecule has 1 saturated carbocycles. The molecule has 10 heteroatoms. The fourth-order valence-electron chi connectivity index (χ4n) is 3.09. The van der Waals surface area contributed by atoms with Gasteiger partial charge in [-0.1, -0.05) is 6.07 Å². The van der Waals surface area contributed by atoms with Gasteiger partial charge >= 0.3 is 12.1 Å². The fraction of sp³-hybridized carbons (Fsp3) is 0.556. The highest BCUT2D eigenvalue weighted by Gasteiger charge is 2.69. The Morgan fingerprint density at radius 2 is 1.79 bits per heavy atom. The smallest absolute Gasteiger partial charge is 0.416 e. The van der Waals surface area contributed by atoms with E-state index in [1.165, 1.54) is 11.0 Å². The third-order valence-corrected chi connectivity index (χ3v) is 6.31. The van der Waals surface area contributed by atoms with E-state index in [1.807, 2.05) is 0 Å². The number of benzene rings is 1. The van der Waals surface area contributed by atoms with Crippen LogP contribution in [0.3, 0.4) is 0 Å². The van der Waals surface area contributed by atoms with Crippen molar-refractivity contribution >= 4 is 40.8 Å². The number of halogens is 5. The van der Waals surface area contributed by atoms with Crippen LogP contribution in [0, 0.1) is 5.41 Å². The summed E-state index contributed by atoms with van der Waals surface area (Å²) >= 11 is 11.8. The minimum Gasteiger partial charge on any atom is -0.455 e. The SMILES string of the molecule is CC1(C(=O)OCC(=O)N2CCN(c3cccc(C(F)(F)F)c3)CC2)CC1(Cl)Cl. The summed E-state index contributed by atoms with van der Waals surface area (Å²) in [4.78, 5) is 27.6. The lowest BCUT2D eigenvalue weighted by Gasteiger charge is -2.36. The van der Waals surface area contributed by atoms with Gasteiger partial charge in [-0.2, -0.15) is 13.2 Å². The van der Waals surface area contributed by atoms with Crippen molar-refractivity contribution in [2.24, 2.45) is 5.41 Å². The van der Waals surface area contributed by atoms with Gasteiger partial charge in [0, 0.05) is 38.3 Å². The van der Waals surface area contributed by atoms with Crippen LogP contribution in [0.2, 0.25) is 0 Å². The van der Waals surface area contributed by atoms with Gasteiger partial charge in [0.2, 0.25) is 0 Å². The first-order valence-electron chi connectivity index (χ1n) is 8.69. The van der Waals surface area contributed by atoms with E-state index < -0.39 is 34.1 Å². The number of hydrogen-bond acceptors (Lipinski definition) is 4. The first-order chi connectivity index (χ1) is 12.9. The average Bonchev–Trinajstić information content (AvgIpc) is 3.18. The van der Waals surface area contributed by atoms with Crippen molar-refractivity contribution in [3.63, 3.8) is 0 Å². The maximum atomic E-state index is 12.9. The van der Waals surface area contributed by atoms with Crippen LogP contribution >= 0.6 is 23.2 Å². The molecule has 0 radical (unpaired) electrons. The number of rotatable bonds is 4. The zero-order chi connectivity index (χ0) is 20.7. The predicted molar refractivity (Wildman–Crippen MR) is 98.4 cm³/mol. The van der Waals surface area contributed by atoms with Gasteiger partial charge in [0.1, 0.15) is 9.75 Å². The molecular formula is C18H19Cl2F3N2O3. The topological polar surface area (TPSA) is 49.9 Å². The van der Waals surface area contributed by atoms with Crippen LogP contribution in [-0.2, 0) is 20.5 Å². The summed E-state index contributed by atoms with van der Waals surface area (Å²) in [5.74, 6) is -0.982. The average molecular weight is 439 g/mol. The van der Waals surface area contributed by atoms with Gasteiger partial charge < -0.3 is 14.5 Å². The first kappa shape index (κ1) is 21.0. The van der Waals surface area contributed by atoms with E-state index in [2.05, 4.69) is 0 Å². The first-order valence-corrected chi connectivity index (χ1v) is 9.45. The number of nitrogens with zero attached hydrogens (tertiary/aromatic N) is 2. The Morgan fingerprint density at radius 1 is 1.18 bits per heavy atom. The monoisotopic (exact) mass is 438 g/mol. The predicted octanol–water partition coefficient (Wildman–Crippen LogP) is 3.48. The number of carbonyl (C=O) groups is 2. The summed E-state index contributed by atoms with van der Waals surface area (Å²) < 4.78 is 42.5. The van der Waals surface area contributed by atoms with Crippen molar-refractivity contribution in [1.82, 2.24) is 4.90 Å². The van der Waals surface area contributed by atoms with Crippen LogP contribution < -0.4 is 4.90 Å². The van der Waals surface area contributed by atoms with E-state index >= 15 is 0 Å². The molecule has 2 aliphatic rings. The maximum Gasteiger partial charge on any atom is 0.416 e. The summed E-state index contributed by atoms with van der Waals surface area (Å²) in [6.07, 6.45) is -4.13. The number of hydrogen-bond donors (Lipinski definition) is 0. The van der Waals surface area contributed by atoms with Gasteiger partial charge in [0.15, 0.2) is 6.61 Å². The summed E-state index contributed by atoms with van der Waals surface area (Å²) in [6, 6.07) is 5.09.